The Labute approximate surface area is 106 Å². The van der Waals surface area contributed by atoms with Gasteiger partial charge in [-0.15, -0.1) is 0 Å². The van der Waals surface area contributed by atoms with Crippen molar-refractivity contribution in [3.8, 4) is 0 Å². The lowest BCUT2D eigenvalue weighted by Gasteiger charge is -1.99. The normalized spacial score (nSPS) is 10.9. The van der Waals surface area contributed by atoms with Crippen LogP contribution in [0.5, 0.6) is 0 Å². The van der Waals surface area contributed by atoms with Gasteiger partial charge in [0.2, 0.25) is 0 Å². The Balaban J connectivity index is 2.12. The van der Waals surface area contributed by atoms with E-state index in [0.29, 0.717) is 9.36 Å². The largest absolute Gasteiger partial charge is 0.195 e. The van der Waals surface area contributed by atoms with E-state index in [2.05, 4.69) is 11.3 Å². The molecule has 1 aromatic rings. The summed E-state index contributed by atoms with van der Waals surface area (Å²) in [6, 6.07) is 0. The van der Waals surface area contributed by atoms with Gasteiger partial charge in [0.25, 0.3) is 0 Å². The monoisotopic (exact) mass is 265 g/mol. The van der Waals surface area contributed by atoms with Crippen LogP contribution in [-0.4, -0.2) is 4.37 Å². The van der Waals surface area contributed by atoms with E-state index in [1.165, 1.54) is 50.1 Å². The van der Waals surface area contributed by atoms with E-state index in [0.717, 1.165) is 12.1 Å². The topological polar surface area (TPSA) is 12.9 Å². The number of hydrogen-bond donors (Lipinski definition) is 0. The maximum atomic E-state index is 5.99. The molecule has 1 heterocycles. The Hall–Kier alpha value is 0.210. The molecule has 0 fully saturated rings. The van der Waals surface area contributed by atoms with Crippen LogP contribution in [0.15, 0.2) is 0 Å². The first-order valence-electron chi connectivity index (χ1n) is 5.55. The van der Waals surface area contributed by atoms with Crippen LogP contribution in [0.4, 0.5) is 0 Å². The molecule has 0 spiro atoms. The molecule has 0 saturated carbocycles. The van der Waals surface area contributed by atoms with Gasteiger partial charge in [-0.1, -0.05) is 62.2 Å². The molecule has 4 heteroatoms. The highest BCUT2D eigenvalue weighted by Crippen LogP contribution is 2.30. The highest BCUT2D eigenvalue weighted by molar-refractivity contribution is 7.11. The van der Waals surface area contributed by atoms with Crippen LogP contribution in [0, 0.1) is 0 Å². The van der Waals surface area contributed by atoms with Gasteiger partial charge in [-0.25, -0.2) is 0 Å². The predicted octanol–water partition coefficient (Wildman–Crippen LogP) is 5.35. The van der Waals surface area contributed by atoms with E-state index in [9.17, 15) is 0 Å². The van der Waals surface area contributed by atoms with Crippen LogP contribution in [0.3, 0.4) is 0 Å². The quantitative estimate of drug-likeness (QED) is 0.606. The van der Waals surface area contributed by atoms with Crippen molar-refractivity contribution in [2.24, 2.45) is 0 Å². The number of aryl methyl sites for hydroxylation is 1. The molecule has 0 unspecified atom stereocenters. The first-order chi connectivity index (χ1) is 7.25. The molecule has 86 valence electrons. The summed E-state index contributed by atoms with van der Waals surface area (Å²) in [5, 5.41) is 0.662. The summed E-state index contributed by atoms with van der Waals surface area (Å²) in [6.07, 6.45) is 8.73. The zero-order valence-corrected chi connectivity index (χ0v) is 11.4. The van der Waals surface area contributed by atoms with Gasteiger partial charge in [0.05, 0.1) is 10.7 Å². The van der Waals surface area contributed by atoms with Gasteiger partial charge in [-0.05, 0) is 24.4 Å². The summed E-state index contributed by atoms with van der Waals surface area (Å²) in [7, 11) is 0. The Bertz CT molecular complexity index is 286. The number of rotatable bonds is 7. The second-order valence-electron chi connectivity index (χ2n) is 3.73. The van der Waals surface area contributed by atoms with Crippen LogP contribution in [0.1, 0.15) is 51.1 Å². The molecule has 0 aromatic carbocycles. The predicted molar refractivity (Wildman–Crippen MR) is 69.2 cm³/mol. The lowest BCUT2D eigenvalue weighted by Crippen LogP contribution is -1.86. The minimum atomic E-state index is 0.623. The van der Waals surface area contributed by atoms with E-state index in [4.69, 9.17) is 23.2 Å². The molecular formula is C11H17Cl2NS. The van der Waals surface area contributed by atoms with E-state index in [1.54, 1.807) is 0 Å². The third-order valence-electron chi connectivity index (χ3n) is 2.43. The van der Waals surface area contributed by atoms with Crippen LogP contribution in [0.25, 0.3) is 0 Å². The molecule has 15 heavy (non-hydrogen) atoms. The summed E-state index contributed by atoms with van der Waals surface area (Å²) < 4.78 is 4.85. The van der Waals surface area contributed by atoms with Gasteiger partial charge in [-0.3, -0.25) is 0 Å². The van der Waals surface area contributed by atoms with Gasteiger partial charge in [-0.2, -0.15) is 4.37 Å². The number of nitrogens with zero attached hydrogens (tertiary/aromatic N) is 1. The fourth-order valence-electron chi connectivity index (χ4n) is 1.52. The second kappa shape index (κ2) is 7.48. The molecule has 0 radical (unpaired) electrons. The van der Waals surface area contributed by atoms with Crippen molar-refractivity contribution in [2.45, 2.75) is 51.9 Å². The van der Waals surface area contributed by atoms with Crippen molar-refractivity contribution in [3.05, 3.63) is 15.1 Å². The molecule has 0 saturated heterocycles. The fourth-order valence-corrected chi connectivity index (χ4v) is 2.59. The minimum Gasteiger partial charge on any atom is -0.195 e. The number of halogens is 2. The van der Waals surface area contributed by atoms with E-state index in [1.807, 2.05) is 0 Å². The molecular weight excluding hydrogens is 249 g/mol. The van der Waals surface area contributed by atoms with Gasteiger partial charge in [0, 0.05) is 0 Å². The van der Waals surface area contributed by atoms with E-state index >= 15 is 0 Å². The molecule has 0 aliphatic heterocycles. The summed E-state index contributed by atoms with van der Waals surface area (Å²) in [5.41, 5.74) is 0.974. The van der Waals surface area contributed by atoms with Gasteiger partial charge in [0.1, 0.15) is 4.34 Å². The molecule has 0 bridgehead atoms. The molecule has 1 aromatic heterocycles. The lowest BCUT2D eigenvalue weighted by molar-refractivity contribution is 0.606. The highest BCUT2D eigenvalue weighted by atomic mass is 35.5. The van der Waals surface area contributed by atoms with Gasteiger partial charge in [0.15, 0.2) is 0 Å². The zero-order chi connectivity index (χ0) is 11.1. The number of aromatic nitrogens is 1. The maximum absolute atomic E-state index is 5.99. The first-order valence-corrected chi connectivity index (χ1v) is 7.08. The van der Waals surface area contributed by atoms with Crippen molar-refractivity contribution in [3.63, 3.8) is 0 Å². The molecule has 0 aliphatic rings. The molecule has 0 N–H and O–H groups in total. The third kappa shape index (κ3) is 4.71. The fraction of sp³-hybridized carbons (Fsp3) is 0.727. The lowest BCUT2D eigenvalue weighted by atomic mass is 10.1. The van der Waals surface area contributed by atoms with Crippen LogP contribution in [-0.2, 0) is 6.42 Å². The average molecular weight is 266 g/mol. The van der Waals surface area contributed by atoms with E-state index in [-0.39, 0.29) is 0 Å². The van der Waals surface area contributed by atoms with Crippen LogP contribution >= 0.6 is 34.7 Å². The second-order valence-corrected chi connectivity index (χ2v) is 5.49. The summed E-state index contributed by atoms with van der Waals surface area (Å²) in [5.74, 6) is 0. The summed E-state index contributed by atoms with van der Waals surface area (Å²) in [4.78, 5) is 0. The summed E-state index contributed by atoms with van der Waals surface area (Å²) >= 11 is 13.1. The maximum Gasteiger partial charge on any atom is 0.132 e. The third-order valence-corrected chi connectivity index (χ3v) is 4.12. The van der Waals surface area contributed by atoms with Gasteiger partial charge < -0.3 is 0 Å². The SMILES string of the molecule is CCCCCCCCc1nsc(Cl)c1Cl. The molecule has 1 nitrogen and oxygen atoms in total. The van der Waals surface area contributed by atoms with Crippen molar-refractivity contribution in [1.29, 1.82) is 0 Å². The highest BCUT2D eigenvalue weighted by Gasteiger charge is 2.08. The number of unbranched alkanes of at least 4 members (excludes halogenated alkanes) is 5. The smallest absolute Gasteiger partial charge is 0.132 e. The van der Waals surface area contributed by atoms with Crippen LogP contribution in [0.2, 0.25) is 9.36 Å². The molecule has 1 rings (SSSR count). The standard InChI is InChI=1S/C11H17Cl2NS/c1-2-3-4-5-6-7-8-9-10(12)11(13)15-14-9/h2-8H2,1H3. The Kier molecular flexibility index (Phi) is 6.62. The summed E-state index contributed by atoms with van der Waals surface area (Å²) in [6.45, 7) is 2.23. The Morgan fingerprint density at radius 2 is 1.73 bits per heavy atom. The molecule has 0 amide bonds. The first kappa shape index (κ1) is 13.3. The molecule has 0 aliphatic carbocycles. The van der Waals surface area contributed by atoms with E-state index < -0.39 is 0 Å². The van der Waals surface area contributed by atoms with Crippen LogP contribution < -0.4 is 0 Å². The average Bonchev–Trinajstić information content (AvgIpc) is 2.54. The van der Waals surface area contributed by atoms with Crippen molar-refractivity contribution < 1.29 is 0 Å². The Morgan fingerprint density at radius 3 is 2.33 bits per heavy atom. The minimum absolute atomic E-state index is 0.623. The van der Waals surface area contributed by atoms with Crippen molar-refractivity contribution in [2.75, 3.05) is 0 Å². The Morgan fingerprint density at radius 1 is 1.07 bits per heavy atom. The number of hydrogen-bond acceptors (Lipinski definition) is 2. The van der Waals surface area contributed by atoms with Crippen molar-refractivity contribution >= 4 is 34.7 Å². The van der Waals surface area contributed by atoms with Gasteiger partial charge >= 0.3 is 0 Å². The molecule has 0 atom stereocenters. The van der Waals surface area contributed by atoms with Crippen molar-refractivity contribution in [1.82, 2.24) is 4.37 Å². The zero-order valence-electron chi connectivity index (χ0n) is 9.06.